The van der Waals surface area contributed by atoms with Crippen LogP contribution in [0, 0.1) is 19.8 Å². The van der Waals surface area contributed by atoms with Crippen LogP contribution >= 0.6 is 0 Å². The van der Waals surface area contributed by atoms with Gasteiger partial charge >= 0.3 is 0 Å². The molecule has 0 heterocycles. The summed E-state index contributed by atoms with van der Waals surface area (Å²) in [5.74, 6) is 1.53. The molecule has 0 fully saturated rings. The lowest BCUT2D eigenvalue weighted by Gasteiger charge is -2.25. The molecule has 1 aromatic rings. The Kier molecular flexibility index (Phi) is 6.36. The average Bonchev–Trinajstić information content (AvgIpc) is 2.41. The Morgan fingerprint density at radius 3 is 2.37 bits per heavy atom. The van der Waals surface area contributed by atoms with Crippen molar-refractivity contribution in [1.82, 2.24) is 0 Å². The first-order valence-corrected chi connectivity index (χ1v) is 7.45. The van der Waals surface area contributed by atoms with Crippen LogP contribution in [0.5, 0.6) is 5.75 Å². The Morgan fingerprint density at radius 2 is 1.84 bits per heavy atom. The highest BCUT2D eigenvalue weighted by Crippen LogP contribution is 2.32. The second kappa shape index (κ2) is 7.54. The minimum Gasteiger partial charge on any atom is -0.496 e. The summed E-state index contributed by atoms with van der Waals surface area (Å²) in [5.41, 5.74) is 10.2. The standard InChI is InChI=1S/C17H29NO/c1-6-8-9-14(7-2)17(18)15-10-13(4)16(19-5)11-12(15)3/h10-11,14,17H,6-9,18H2,1-5H3. The summed E-state index contributed by atoms with van der Waals surface area (Å²) in [5, 5.41) is 0. The molecule has 2 N–H and O–H groups in total. The van der Waals surface area contributed by atoms with Gasteiger partial charge in [0.2, 0.25) is 0 Å². The number of hydrogen-bond donors (Lipinski definition) is 1. The third kappa shape index (κ3) is 3.97. The van der Waals surface area contributed by atoms with Crippen molar-refractivity contribution in [2.24, 2.45) is 11.7 Å². The van der Waals surface area contributed by atoms with Gasteiger partial charge in [0.1, 0.15) is 5.75 Å². The maximum atomic E-state index is 6.51. The number of aryl methyl sites for hydroxylation is 2. The van der Waals surface area contributed by atoms with Gasteiger partial charge in [0.15, 0.2) is 0 Å². The minimum absolute atomic E-state index is 0.140. The van der Waals surface area contributed by atoms with Gasteiger partial charge in [0, 0.05) is 6.04 Å². The molecule has 19 heavy (non-hydrogen) atoms. The second-order valence-electron chi connectivity index (χ2n) is 5.51. The highest BCUT2D eigenvalue weighted by Gasteiger charge is 2.20. The Labute approximate surface area is 118 Å². The lowest BCUT2D eigenvalue weighted by atomic mass is 9.85. The minimum atomic E-state index is 0.140. The van der Waals surface area contributed by atoms with E-state index in [1.165, 1.54) is 36.0 Å². The van der Waals surface area contributed by atoms with Gasteiger partial charge in [-0.3, -0.25) is 0 Å². The van der Waals surface area contributed by atoms with Crippen LogP contribution in [0.25, 0.3) is 0 Å². The highest BCUT2D eigenvalue weighted by atomic mass is 16.5. The first-order chi connectivity index (χ1) is 9.04. The molecular weight excluding hydrogens is 234 g/mol. The molecule has 0 aliphatic carbocycles. The topological polar surface area (TPSA) is 35.2 Å². The van der Waals surface area contributed by atoms with E-state index in [2.05, 4.69) is 39.8 Å². The summed E-state index contributed by atoms with van der Waals surface area (Å²) in [6.07, 6.45) is 4.87. The molecule has 2 nitrogen and oxygen atoms in total. The van der Waals surface area contributed by atoms with Crippen LogP contribution in [0.15, 0.2) is 12.1 Å². The van der Waals surface area contributed by atoms with E-state index in [9.17, 15) is 0 Å². The Hall–Kier alpha value is -1.02. The summed E-state index contributed by atoms with van der Waals surface area (Å²) >= 11 is 0. The number of benzene rings is 1. The van der Waals surface area contributed by atoms with Crippen molar-refractivity contribution in [3.05, 3.63) is 28.8 Å². The van der Waals surface area contributed by atoms with E-state index in [4.69, 9.17) is 10.5 Å². The smallest absolute Gasteiger partial charge is 0.122 e. The zero-order chi connectivity index (χ0) is 14.4. The van der Waals surface area contributed by atoms with E-state index in [0.717, 1.165) is 12.2 Å². The van der Waals surface area contributed by atoms with Crippen molar-refractivity contribution in [3.8, 4) is 5.75 Å². The van der Waals surface area contributed by atoms with Gasteiger partial charge in [0.05, 0.1) is 7.11 Å². The summed E-state index contributed by atoms with van der Waals surface area (Å²) in [4.78, 5) is 0. The molecule has 0 radical (unpaired) electrons. The predicted octanol–water partition coefficient (Wildman–Crippen LogP) is 4.53. The summed E-state index contributed by atoms with van der Waals surface area (Å²) in [6.45, 7) is 8.69. The van der Waals surface area contributed by atoms with E-state index >= 15 is 0 Å². The largest absolute Gasteiger partial charge is 0.496 e. The fraction of sp³-hybridized carbons (Fsp3) is 0.647. The molecule has 0 aliphatic rings. The van der Waals surface area contributed by atoms with E-state index in [-0.39, 0.29) is 6.04 Å². The van der Waals surface area contributed by atoms with Crippen LogP contribution < -0.4 is 10.5 Å². The normalized spacial score (nSPS) is 14.2. The fourth-order valence-electron chi connectivity index (χ4n) is 2.75. The molecule has 1 rings (SSSR count). The Morgan fingerprint density at radius 1 is 1.16 bits per heavy atom. The van der Waals surface area contributed by atoms with Crippen LogP contribution in [0.4, 0.5) is 0 Å². The van der Waals surface area contributed by atoms with Gasteiger partial charge in [0.25, 0.3) is 0 Å². The molecule has 2 atom stereocenters. The van der Waals surface area contributed by atoms with Gasteiger partial charge < -0.3 is 10.5 Å². The summed E-state index contributed by atoms with van der Waals surface area (Å²) in [7, 11) is 1.72. The maximum absolute atomic E-state index is 6.51. The third-order valence-electron chi connectivity index (χ3n) is 4.10. The molecule has 108 valence electrons. The van der Waals surface area contributed by atoms with Gasteiger partial charge in [-0.15, -0.1) is 0 Å². The number of ether oxygens (including phenoxy) is 1. The molecule has 0 saturated carbocycles. The lowest BCUT2D eigenvalue weighted by molar-refractivity contribution is 0.375. The molecule has 0 amide bonds. The van der Waals surface area contributed by atoms with E-state index < -0.39 is 0 Å². The van der Waals surface area contributed by atoms with Crippen molar-refractivity contribution in [1.29, 1.82) is 0 Å². The zero-order valence-corrected chi connectivity index (χ0v) is 13.1. The molecule has 1 aromatic carbocycles. The predicted molar refractivity (Wildman–Crippen MR) is 82.7 cm³/mol. The van der Waals surface area contributed by atoms with Crippen molar-refractivity contribution >= 4 is 0 Å². The van der Waals surface area contributed by atoms with Crippen molar-refractivity contribution in [2.45, 2.75) is 59.4 Å². The number of nitrogens with two attached hydrogens (primary N) is 1. The van der Waals surface area contributed by atoms with E-state index in [0.29, 0.717) is 5.92 Å². The fourth-order valence-corrected chi connectivity index (χ4v) is 2.75. The van der Waals surface area contributed by atoms with Gasteiger partial charge in [-0.25, -0.2) is 0 Å². The average molecular weight is 263 g/mol. The highest BCUT2D eigenvalue weighted by molar-refractivity contribution is 5.43. The van der Waals surface area contributed by atoms with Crippen molar-refractivity contribution in [2.75, 3.05) is 7.11 Å². The van der Waals surface area contributed by atoms with Gasteiger partial charge in [-0.05, 0) is 48.9 Å². The molecule has 0 spiro atoms. The van der Waals surface area contributed by atoms with E-state index in [1.54, 1.807) is 7.11 Å². The van der Waals surface area contributed by atoms with Gasteiger partial charge in [-0.1, -0.05) is 39.2 Å². The van der Waals surface area contributed by atoms with Crippen LogP contribution in [0.3, 0.4) is 0 Å². The van der Waals surface area contributed by atoms with Crippen LogP contribution in [-0.2, 0) is 0 Å². The molecule has 0 saturated heterocycles. The monoisotopic (exact) mass is 263 g/mol. The Balaban J connectivity index is 2.97. The molecule has 0 bridgehead atoms. The lowest BCUT2D eigenvalue weighted by Crippen LogP contribution is -2.22. The maximum Gasteiger partial charge on any atom is 0.122 e. The second-order valence-corrected chi connectivity index (χ2v) is 5.51. The summed E-state index contributed by atoms with van der Waals surface area (Å²) in [6, 6.07) is 4.45. The number of hydrogen-bond acceptors (Lipinski definition) is 2. The van der Waals surface area contributed by atoms with Crippen molar-refractivity contribution < 1.29 is 4.74 Å². The molecule has 0 aromatic heterocycles. The summed E-state index contributed by atoms with van der Waals surface area (Å²) < 4.78 is 5.37. The van der Waals surface area contributed by atoms with Crippen molar-refractivity contribution in [3.63, 3.8) is 0 Å². The van der Waals surface area contributed by atoms with Gasteiger partial charge in [-0.2, -0.15) is 0 Å². The first kappa shape index (κ1) is 16.0. The molecule has 0 aliphatic heterocycles. The quantitative estimate of drug-likeness (QED) is 0.784. The van der Waals surface area contributed by atoms with E-state index in [1.807, 2.05) is 0 Å². The first-order valence-electron chi connectivity index (χ1n) is 7.45. The molecule has 2 unspecified atom stereocenters. The third-order valence-corrected chi connectivity index (χ3v) is 4.10. The van der Waals surface area contributed by atoms with Crippen LogP contribution in [-0.4, -0.2) is 7.11 Å². The Bertz CT molecular complexity index is 400. The number of rotatable bonds is 7. The van der Waals surface area contributed by atoms with Crippen LogP contribution in [0.1, 0.15) is 62.3 Å². The number of unbranched alkanes of at least 4 members (excludes halogenated alkanes) is 1. The molecular formula is C17H29NO. The number of methoxy groups -OCH3 is 1. The zero-order valence-electron chi connectivity index (χ0n) is 13.1. The molecule has 2 heteroatoms. The SMILES string of the molecule is CCCCC(CC)C(N)c1cc(C)c(OC)cc1C. The van der Waals surface area contributed by atoms with Crippen LogP contribution in [0.2, 0.25) is 0 Å².